The number of imide groups is 1. The lowest BCUT2D eigenvalue weighted by atomic mass is 10.1. The Hall–Kier alpha value is -3.68. The van der Waals surface area contributed by atoms with Crippen LogP contribution in [-0.2, 0) is 9.59 Å². The van der Waals surface area contributed by atoms with Gasteiger partial charge in [-0.2, -0.15) is 0 Å². The van der Waals surface area contributed by atoms with Gasteiger partial charge in [0.15, 0.2) is 6.61 Å². The summed E-state index contributed by atoms with van der Waals surface area (Å²) in [7, 11) is 0. The normalized spacial score (nSPS) is 12.6. The van der Waals surface area contributed by atoms with Crippen molar-refractivity contribution in [2.75, 3.05) is 13.2 Å². The van der Waals surface area contributed by atoms with Crippen LogP contribution < -0.4 is 15.6 Å². The average molecular weight is 381 g/mol. The standard InChI is InChI=1S/C20H19N3O5/c1-12-7-8-13(2)16(9-12)28-11-18(25)22-21-17(24)10-23-19(26)14-5-3-4-6-15(14)20(23)27/h3-9H,10-11H2,1-2H3,(H,21,24)(H,22,25). The Bertz CT molecular complexity index is 935. The lowest BCUT2D eigenvalue weighted by Gasteiger charge is -2.14. The minimum Gasteiger partial charge on any atom is -0.483 e. The Labute approximate surface area is 161 Å². The number of aryl methyl sites for hydroxylation is 2. The third-order valence-electron chi connectivity index (χ3n) is 4.22. The number of hydrogen-bond acceptors (Lipinski definition) is 5. The number of benzene rings is 2. The van der Waals surface area contributed by atoms with Crippen LogP contribution in [0.5, 0.6) is 5.75 Å². The molecule has 8 heteroatoms. The molecular weight excluding hydrogens is 362 g/mol. The first-order valence-corrected chi connectivity index (χ1v) is 8.60. The van der Waals surface area contributed by atoms with Crippen LogP contribution in [0.4, 0.5) is 0 Å². The summed E-state index contributed by atoms with van der Waals surface area (Å²) < 4.78 is 5.44. The number of nitrogens with one attached hydrogen (secondary N) is 2. The molecule has 4 amide bonds. The highest BCUT2D eigenvalue weighted by atomic mass is 16.5. The van der Waals surface area contributed by atoms with E-state index in [1.807, 2.05) is 32.0 Å². The summed E-state index contributed by atoms with van der Waals surface area (Å²) in [6.07, 6.45) is 0. The largest absolute Gasteiger partial charge is 0.483 e. The van der Waals surface area contributed by atoms with Gasteiger partial charge in [0.05, 0.1) is 11.1 Å². The zero-order valence-electron chi connectivity index (χ0n) is 15.4. The lowest BCUT2D eigenvalue weighted by molar-refractivity contribution is -0.130. The monoisotopic (exact) mass is 381 g/mol. The summed E-state index contributed by atoms with van der Waals surface area (Å²) >= 11 is 0. The van der Waals surface area contributed by atoms with E-state index in [1.54, 1.807) is 12.1 Å². The van der Waals surface area contributed by atoms with Crippen LogP contribution in [0.3, 0.4) is 0 Å². The fourth-order valence-corrected chi connectivity index (χ4v) is 2.75. The fraction of sp³-hybridized carbons (Fsp3) is 0.200. The van der Waals surface area contributed by atoms with Crippen LogP contribution >= 0.6 is 0 Å². The molecule has 1 heterocycles. The van der Waals surface area contributed by atoms with Gasteiger partial charge in [-0.25, -0.2) is 0 Å². The maximum absolute atomic E-state index is 12.2. The molecule has 0 aliphatic carbocycles. The average Bonchev–Trinajstić information content (AvgIpc) is 2.92. The molecule has 0 fully saturated rings. The smallest absolute Gasteiger partial charge is 0.276 e. The van der Waals surface area contributed by atoms with Gasteiger partial charge >= 0.3 is 0 Å². The van der Waals surface area contributed by atoms with Gasteiger partial charge in [0.2, 0.25) is 0 Å². The summed E-state index contributed by atoms with van der Waals surface area (Å²) in [5.74, 6) is -1.78. The van der Waals surface area contributed by atoms with Gasteiger partial charge in [0, 0.05) is 0 Å². The highest BCUT2D eigenvalue weighted by Crippen LogP contribution is 2.22. The first-order valence-electron chi connectivity index (χ1n) is 8.60. The molecule has 0 spiro atoms. The van der Waals surface area contributed by atoms with E-state index in [4.69, 9.17) is 4.74 Å². The maximum atomic E-state index is 12.2. The van der Waals surface area contributed by atoms with Crippen LogP contribution in [0, 0.1) is 13.8 Å². The zero-order valence-corrected chi connectivity index (χ0v) is 15.4. The Morgan fingerprint density at radius 1 is 0.929 bits per heavy atom. The Morgan fingerprint density at radius 3 is 2.18 bits per heavy atom. The van der Waals surface area contributed by atoms with Crippen LogP contribution in [-0.4, -0.2) is 41.7 Å². The van der Waals surface area contributed by atoms with Crippen molar-refractivity contribution in [3.05, 3.63) is 64.7 Å². The number of carbonyl (C=O) groups is 4. The van der Waals surface area contributed by atoms with E-state index < -0.39 is 30.2 Å². The first kappa shape index (κ1) is 19.1. The van der Waals surface area contributed by atoms with Crippen molar-refractivity contribution in [3.8, 4) is 5.75 Å². The fourth-order valence-electron chi connectivity index (χ4n) is 2.75. The van der Waals surface area contributed by atoms with E-state index in [0.29, 0.717) is 5.75 Å². The number of nitrogens with zero attached hydrogens (tertiary/aromatic N) is 1. The third kappa shape index (κ3) is 4.01. The SMILES string of the molecule is Cc1ccc(C)c(OCC(=O)NNC(=O)CN2C(=O)c3ccccc3C2=O)c1. The summed E-state index contributed by atoms with van der Waals surface area (Å²) in [5.41, 5.74) is 6.76. The number of amides is 4. The number of hydrogen-bond donors (Lipinski definition) is 2. The first-order chi connectivity index (χ1) is 13.4. The summed E-state index contributed by atoms with van der Waals surface area (Å²) in [4.78, 5) is 49.1. The van der Waals surface area contributed by atoms with Gasteiger partial charge in [-0.3, -0.25) is 34.9 Å². The predicted molar refractivity (Wildman–Crippen MR) is 99.5 cm³/mol. The van der Waals surface area contributed by atoms with Crippen molar-refractivity contribution in [1.82, 2.24) is 15.8 Å². The third-order valence-corrected chi connectivity index (χ3v) is 4.22. The van der Waals surface area contributed by atoms with Crippen LogP contribution in [0.15, 0.2) is 42.5 Å². The summed E-state index contributed by atoms with van der Waals surface area (Å²) in [6, 6.07) is 12.0. The van der Waals surface area contributed by atoms with Gasteiger partial charge in [0.25, 0.3) is 23.6 Å². The van der Waals surface area contributed by atoms with E-state index >= 15 is 0 Å². The molecule has 8 nitrogen and oxygen atoms in total. The van der Waals surface area contributed by atoms with Gasteiger partial charge in [-0.05, 0) is 43.2 Å². The van der Waals surface area contributed by atoms with Crippen molar-refractivity contribution < 1.29 is 23.9 Å². The topological polar surface area (TPSA) is 105 Å². The molecule has 2 aromatic carbocycles. The molecule has 2 N–H and O–H groups in total. The minimum absolute atomic E-state index is 0.256. The van der Waals surface area contributed by atoms with Gasteiger partial charge in [-0.15, -0.1) is 0 Å². The predicted octanol–water partition coefficient (Wildman–Crippen LogP) is 1.13. The second kappa shape index (κ2) is 7.91. The molecule has 2 aromatic rings. The molecule has 0 unspecified atom stereocenters. The van der Waals surface area contributed by atoms with Gasteiger partial charge in [-0.1, -0.05) is 24.3 Å². The molecule has 3 rings (SSSR count). The van der Waals surface area contributed by atoms with Gasteiger partial charge < -0.3 is 4.74 Å². The Balaban J connectivity index is 1.48. The van der Waals surface area contributed by atoms with Crippen LogP contribution in [0.2, 0.25) is 0 Å². The molecule has 0 saturated heterocycles. The molecule has 1 aliphatic heterocycles. The molecule has 1 aliphatic rings. The van der Waals surface area contributed by atoms with E-state index in [-0.39, 0.29) is 17.7 Å². The molecule has 28 heavy (non-hydrogen) atoms. The van der Waals surface area contributed by atoms with Crippen molar-refractivity contribution in [3.63, 3.8) is 0 Å². The molecule has 0 saturated carbocycles. The Morgan fingerprint density at radius 2 is 1.54 bits per heavy atom. The second-order valence-electron chi connectivity index (χ2n) is 6.40. The van der Waals surface area contributed by atoms with Crippen LogP contribution in [0.25, 0.3) is 0 Å². The molecule has 0 radical (unpaired) electrons. The van der Waals surface area contributed by atoms with Crippen molar-refractivity contribution in [2.24, 2.45) is 0 Å². The summed E-state index contributed by atoms with van der Waals surface area (Å²) in [5, 5.41) is 0. The number of carbonyl (C=O) groups excluding carboxylic acids is 4. The molecule has 0 atom stereocenters. The Kier molecular flexibility index (Phi) is 5.39. The maximum Gasteiger partial charge on any atom is 0.276 e. The lowest BCUT2D eigenvalue weighted by Crippen LogP contribution is -2.48. The van der Waals surface area contributed by atoms with E-state index in [0.717, 1.165) is 16.0 Å². The van der Waals surface area contributed by atoms with E-state index in [2.05, 4.69) is 10.9 Å². The van der Waals surface area contributed by atoms with Crippen molar-refractivity contribution >= 4 is 23.6 Å². The number of ether oxygens (including phenoxy) is 1. The van der Waals surface area contributed by atoms with E-state index in [9.17, 15) is 19.2 Å². The van der Waals surface area contributed by atoms with Crippen molar-refractivity contribution in [2.45, 2.75) is 13.8 Å². The zero-order chi connectivity index (χ0) is 20.3. The quantitative estimate of drug-likeness (QED) is 0.597. The molecule has 144 valence electrons. The van der Waals surface area contributed by atoms with Gasteiger partial charge in [0.1, 0.15) is 12.3 Å². The van der Waals surface area contributed by atoms with Crippen LogP contribution in [0.1, 0.15) is 31.8 Å². The number of fused-ring (bicyclic) bond motifs is 1. The highest BCUT2D eigenvalue weighted by molar-refractivity contribution is 6.22. The highest BCUT2D eigenvalue weighted by Gasteiger charge is 2.36. The van der Waals surface area contributed by atoms with E-state index in [1.165, 1.54) is 12.1 Å². The molecular formula is C20H19N3O5. The second-order valence-corrected chi connectivity index (χ2v) is 6.40. The molecule has 0 aromatic heterocycles. The molecule has 0 bridgehead atoms. The minimum atomic E-state index is -0.699. The number of hydrazine groups is 1. The van der Waals surface area contributed by atoms with Crippen molar-refractivity contribution in [1.29, 1.82) is 0 Å². The summed E-state index contributed by atoms with van der Waals surface area (Å²) in [6.45, 7) is 2.98. The number of rotatable bonds is 5.